The van der Waals surface area contributed by atoms with Gasteiger partial charge in [0.15, 0.2) is 0 Å². The minimum Gasteiger partial charge on any atom is -0.368 e. The van der Waals surface area contributed by atoms with Crippen LogP contribution in [0.1, 0.15) is 43.5 Å². The highest BCUT2D eigenvalue weighted by Crippen LogP contribution is 2.31. The summed E-state index contributed by atoms with van der Waals surface area (Å²) < 4.78 is 0. The maximum Gasteiger partial charge on any atom is 0.238 e. The molecule has 4 N–H and O–H groups in total. The third-order valence-corrected chi connectivity index (χ3v) is 6.94. The van der Waals surface area contributed by atoms with Gasteiger partial charge in [0, 0.05) is 30.2 Å². The number of piperidine rings is 2. The number of nitrogens with one attached hydrogen (secondary N) is 2. The number of benzene rings is 1. The molecule has 186 valence electrons. The Balaban J connectivity index is 1.56. The molecule has 0 unspecified atom stereocenters. The fourth-order valence-electron chi connectivity index (χ4n) is 4.96. The number of para-hydroxylation sites is 1. The largest absolute Gasteiger partial charge is 0.368 e. The molecule has 10 heteroatoms. The highest BCUT2D eigenvalue weighted by Gasteiger charge is 2.45. The van der Waals surface area contributed by atoms with E-state index in [1.54, 1.807) is 0 Å². The number of hydrogen-bond donors (Lipinski definition) is 3. The minimum absolute atomic E-state index is 0.232. The molecule has 2 saturated heterocycles. The van der Waals surface area contributed by atoms with Crippen molar-refractivity contribution in [1.29, 1.82) is 0 Å². The zero-order valence-electron chi connectivity index (χ0n) is 20.5. The molecule has 1 amide bonds. The molecular weight excluding hydrogens is 460 g/mol. The molecule has 0 bridgehead atoms. The lowest BCUT2D eigenvalue weighted by Crippen LogP contribution is -2.64. The average Bonchev–Trinajstić information content (AvgIpc) is 2.84. The second-order valence-corrected chi connectivity index (χ2v) is 9.65. The standard InChI is InChI=1S/C25H34N8OS/c1-18-17-19(2)28-22(27-18)30-23(31-24(35)29-20-9-5-3-6-10-20)32-15-11-25(12-16-32,21(26)34)33-13-7-4-8-14-33/h3,5-6,9-10,17H,4,7-8,11-16H2,1-2H3,(H2,26,34)(H2,27,28,29,30,31,35). The number of aromatic nitrogens is 2. The van der Waals surface area contributed by atoms with Crippen LogP contribution in [0.5, 0.6) is 0 Å². The minimum atomic E-state index is -0.610. The van der Waals surface area contributed by atoms with Crippen LogP contribution in [0.4, 0.5) is 11.6 Å². The van der Waals surface area contributed by atoms with E-state index in [1.807, 2.05) is 50.2 Å². The summed E-state index contributed by atoms with van der Waals surface area (Å²) in [6.45, 7) is 6.93. The predicted molar refractivity (Wildman–Crippen MR) is 143 cm³/mol. The first-order valence-corrected chi connectivity index (χ1v) is 12.6. The topological polar surface area (TPSA) is 112 Å². The van der Waals surface area contributed by atoms with Gasteiger partial charge in [0.2, 0.25) is 22.9 Å². The molecule has 1 aromatic carbocycles. The number of rotatable bonds is 4. The smallest absolute Gasteiger partial charge is 0.238 e. The van der Waals surface area contributed by atoms with Gasteiger partial charge in [0.1, 0.15) is 5.54 Å². The van der Waals surface area contributed by atoms with Crippen molar-refractivity contribution in [3.05, 3.63) is 47.8 Å². The van der Waals surface area contributed by atoms with Gasteiger partial charge in [-0.25, -0.2) is 9.97 Å². The van der Waals surface area contributed by atoms with Gasteiger partial charge in [0.05, 0.1) is 0 Å². The fourth-order valence-corrected chi connectivity index (χ4v) is 5.16. The Morgan fingerprint density at radius 2 is 1.63 bits per heavy atom. The molecule has 4 rings (SSSR count). The number of carbonyl (C=O) groups excluding carboxylic acids is 1. The Hall–Kier alpha value is -3.11. The van der Waals surface area contributed by atoms with Gasteiger partial charge in [-0.15, -0.1) is 0 Å². The van der Waals surface area contributed by atoms with Gasteiger partial charge < -0.3 is 16.0 Å². The fraction of sp³-hybridized carbons (Fsp3) is 0.480. The van der Waals surface area contributed by atoms with E-state index in [1.165, 1.54) is 6.42 Å². The summed E-state index contributed by atoms with van der Waals surface area (Å²) >= 11 is 5.55. The van der Waals surface area contributed by atoms with Crippen LogP contribution in [0, 0.1) is 13.8 Å². The molecule has 0 saturated carbocycles. The lowest BCUT2D eigenvalue weighted by Gasteiger charge is -2.48. The number of guanidine groups is 1. The van der Waals surface area contributed by atoms with Crippen LogP contribution in [0.25, 0.3) is 0 Å². The van der Waals surface area contributed by atoms with Gasteiger partial charge in [-0.05, 0) is 83.0 Å². The van der Waals surface area contributed by atoms with Crippen LogP contribution in [0.2, 0.25) is 0 Å². The Bertz CT molecular complexity index is 1060. The normalized spacial score (nSPS) is 18.7. The molecule has 2 aliphatic rings. The number of likely N-dealkylation sites (tertiary alicyclic amines) is 2. The van der Waals surface area contributed by atoms with Gasteiger partial charge in [-0.1, -0.05) is 24.6 Å². The van der Waals surface area contributed by atoms with E-state index in [-0.39, 0.29) is 5.91 Å². The number of nitrogens with zero attached hydrogens (tertiary/aromatic N) is 5. The van der Waals surface area contributed by atoms with Crippen molar-refractivity contribution in [3.63, 3.8) is 0 Å². The third kappa shape index (κ3) is 6.12. The molecule has 0 aliphatic carbocycles. The zero-order valence-corrected chi connectivity index (χ0v) is 21.3. The molecular formula is C25H34N8OS. The van der Waals surface area contributed by atoms with Crippen molar-refractivity contribution in [2.75, 3.05) is 36.8 Å². The summed E-state index contributed by atoms with van der Waals surface area (Å²) in [5, 5.41) is 6.76. The molecule has 9 nitrogen and oxygen atoms in total. The lowest BCUT2D eigenvalue weighted by atomic mass is 9.83. The van der Waals surface area contributed by atoms with Crippen molar-refractivity contribution in [1.82, 2.24) is 19.8 Å². The van der Waals surface area contributed by atoms with Crippen molar-refractivity contribution < 1.29 is 4.79 Å². The molecule has 0 spiro atoms. The summed E-state index contributed by atoms with van der Waals surface area (Å²) in [4.78, 5) is 30.8. The average molecular weight is 495 g/mol. The number of amides is 1. The summed E-state index contributed by atoms with van der Waals surface area (Å²) in [7, 11) is 0. The molecule has 0 radical (unpaired) electrons. The van der Waals surface area contributed by atoms with Crippen LogP contribution < -0.4 is 16.4 Å². The second kappa shape index (κ2) is 11.1. The monoisotopic (exact) mass is 494 g/mol. The van der Waals surface area contributed by atoms with Crippen LogP contribution in [-0.4, -0.2) is 68.5 Å². The highest BCUT2D eigenvalue weighted by atomic mass is 32.1. The Morgan fingerprint density at radius 1 is 1.00 bits per heavy atom. The number of carbonyl (C=O) groups is 1. The summed E-state index contributed by atoms with van der Waals surface area (Å²) in [5.41, 5.74) is 7.96. The van der Waals surface area contributed by atoms with Gasteiger partial charge in [0.25, 0.3) is 0 Å². The zero-order chi connectivity index (χ0) is 24.8. The number of primary amides is 1. The van der Waals surface area contributed by atoms with E-state index in [9.17, 15) is 4.79 Å². The first-order chi connectivity index (χ1) is 16.9. The Labute approximate surface area is 212 Å². The molecule has 2 fully saturated rings. The van der Waals surface area contributed by atoms with E-state index in [0.29, 0.717) is 43.0 Å². The summed E-state index contributed by atoms with van der Waals surface area (Å²) in [6.07, 6.45) is 4.69. The van der Waals surface area contributed by atoms with Crippen molar-refractivity contribution in [2.24, 2.45) is 10.7 Å². The van der Waals surface area contributed by atoms with E-state index in [0.717, 1.165) is 43.0 Å². The summed E-state index contributed by atoms with van der Waals surface area (Å²) in [6, 6.07) is 11.6. The number of anilines is 2. The first kappa shape index (κ1) is 25.0. The molecule has 0 atom stereocenters. The van der Waals surface area contributed by atoms with Crippen LogP contribution in [0.3, 0.4) is 0 Å². The quantitative estimate of drug-likeness (QED) is 0.338. The highest BCUT2D eigenvalue weighted by molar-refractivity contribution is 7.80. The Morgan fingerprint density at radius 3 is 2.23 bits per heavy atom. The second-order valence-electron chi connectivity index (χ2n) is 9.26. The molecule has 2 aromatic rings. The van der Waals surface area contributed by atoms with E-state index >= 15 is 0 Å². The van der Waals surface area contributed by atoms with Crippen molar-refractivity contribution >= 4 is 40.8 Å². The number of aryl methyl sites for hydroxylation is 2. The van der Waals surface area contributed by atoms with Crippen molar-refractivity contribution in [2.45, 2.75) is 51.5 Å². The molecule has 2 aliphatic heterocycles. The summed E-state index contributed by atoms with van der Waals surface area (Å²) in [5.74, 6) is 0.788. The maximum absolute atomic E-state index is 12.7. The lowest BCUT2D eigenvalue weighted by molar-refractivity contribution is -0.134. The van der Waals surface area contributed by atoms with E-state index in [4.69, 9.17) is 22.9 Å². The van der Waals surface area contributed by atoms with Gasteiger partial charge in [-0.2, -0.15) is 4.99 Å². The number of hydrogen-bond acceptors (Lipinski definition) is 5. The third-order valence-electron chi connectivity index (χ3n) is 6.75. The van der Waals surface area contributed by atoms with Crippen molar-refractivity contribution in [3.8, 4) is 0 Å². The van der Waals surface area contributed by atoms with Crippen LogP contribution in [0.15, 0.2) is 41.4 Å². The SMILES string of the molecule is Cc1cc(C)nc(N/C(=N/C(=S)Nc2ccccc2)N2CCC(C(N)=O)(N3CCCCC3)CC2)n1. The van der Waals surface area contributed by atoms with Crippen LogP contribution in [-0.2, 0) is 4.79 Å². The maximum atomic E-state index is 12.7. The number of nitrogens with two attached hydrogens (primary N) is 1. The predicted octanol–water partition coefficient (Wildman–Crippen LogP) is 3.06. The van der Waals surface area contributed by atoms with E-state index in [2.05, 4.69) is 30.4 Å². The van der Waals surface area contributed by atoms with Crippen LogP contribution >= 0.6 is 12.2 Å². The first-order valence-electron chi connectivity index (χ1n) is 12.2. The molecule has 3 heterocycles. The van der Waals surface area contributed by atoms with Gasteiger partial charge in [-0.3, -0.25) is 15.0 Å². The van der Waals surface area contributed by atoms with Gasteiger partial charge >= 0.3 is 0 Å². The number of aliphatic imine (C=N–C) groups is 1. The van der Waals surface area contributed by atoms with E-state index < -0.39 is 5.54 Å². The Kier molecular flexibility index (Phi) is 7.92. The molecule has 1 aromatic heterocycles. The molecule has 35 heavy (non-hydrogen) atoms. The number of thiocarbonyl (C=S) groups is 1.